The Morgan fingerprint density at radius 3 is 2.36 bits per heavy atom. The minimum atomic E-state index is -3.84. The van der Waals surface area contributed by atoms with Crippen LogP contribution in [0, 0.1) is 21.8 Å². The fourth-order valence-electron chi connectivity index (χ4n) is 3.76. The fraction of sp³-hybridized carbons (Fsp3) is 0.0400. The first-order chi connectivity index (χ1) is 18.5. The number of aryl methyl sites for hydroxylation is 1. The Balaban J connectivity index is 1.52. The van der Waals surface area contributed by atoms with Crippen LogP contribution in [0.1, 0.15) is 11.3 Å². The standard InChI is InChI=1S/C25H14Cl2IN5O5S/c1-13-2-5-16(6-3-13)39(36,37)32-12-20(28)17-10-15(4-7-22(17)32)38-23-18(26)8-14(9-19(23)27)33-25(35)30-24(34)21(11-29)31-33/h2-10,12H,1H3,(H,30,34,35). The average Bonchev–Trinajstić information content (AvgIpc) is 3.23. The number of H-pyrrole nitrogens is 1. The van der Waals surface area contributed by atoms with E-state index >= 15 is 0 Å². The van der Waals surface area contributed by atoms with Crippen molar-refractivity contribution in [2.75, 3.05) is 0 Å². The Hall–Kier alpha value is -3.64. The van der Waals surface area contributed by atoms with Crippen molar-refractivity contribution in [1.82, 2.24) is 18.7 Å². The van der Waals surface area contributed by atoms with Crippen LogP contribution in [0.25, 0.3) is 16.6 Å². The van der Waals surface area contributed by atoms with Crippen LogP contribution in [-0.4, -0.2) is 27.2 Å². The highest BCUT2D eigenvalue weighted by Gasteiger charge is 2.22. The number of halogens is 3. The van der Waals surface area contributed by atoms with Gasteiger partial charge in [0.05, 0.1) is 26.1 Å². The second-order valence-electron chi connectivity index (χ2n) is 8.24. The summed E-state index contributed by atoms with van der Waals surface area (Å²) in [4.78, 5) is 26.0. The van der Waals surface area contributed by atoms with E-state index in [2.05, 4.69) is 5.10 Å². The minimum absolute atomic E-state index is 0.0187. The van der Waals surface area contributed by atoms with Crippen LogP contribution >= 0.6 is 45.8 Å². The Kier molecular flexibility index (Phi) is 7.02. The van der Waals surface area contributed by atoms with Gasteiger partial charge in [-0.25, -0.2) is 17.2 Å². The summed E-state index contributed by atoms with van der Waals surface area (Å²) < 4.78 is 35.2. The maximum absolute atomic E-state index is 13.3. The van der Waals surface area contributed by atoms with Gasteiger partial charge < -0.3 is 4.74 Å². The summed E-state index contributed by atoms with van der Waals surface area (Å²) in [6, 6.07) is 15.7. The van der Waals surface area contributed by atoms with E-state index in [-0.39, 0.29) is 26.4 Å². The maximum atomic E-state index is 13.3. The van der Waals surface area contributed by atoms with Gasteiger partial charge in [0.15, 0.2) is 5.75 Å². The van der Waals surface area contributed by atoms with Gasteiger partial charge in [-0.05, 0) is 72.0 Å². The summed E-state index contributed by atoms with van der Waals surface area (Å²) in [6.45, 7) is 1.88. The van der Waals surface area contributed by atoms with Gasteiger partial charge in [0, 0.05) is 15.2 Å². The molecule has 196 valence electrons. The molecule has 10 nitrogen and oxygen atoms in total. The van der Waals surface area contributed by atoms with Crippen molar-refractivity contribution in [2.45, 2.75) is 11.8 Å². The highest BCUT2D eigenvalue weighted by atomic mass is 127. The molecular weight excluding hydrogens is 680 g/mol. The second kappa shape index (κ2) is 10.2. The van der Waals surface area contributed by atoms with Crippen LogP contribution in [0.2, 0.25) is 10.0 Å². The number of hydrogen-bond donors (Lipinski definition) is 1. The third-order valence-corrected chi connectivity index (χ3v) is 8.76. The van der Waals surface area contributed by atoms with Gasteiger partial charge in [-0.15, -0.1) is 5.10 Å². The number of hydrogen-bond acceptors (Lipinski definition) is 7. The second-order valence-corrected chi connectivity index (χ2v) is 12.0. The molecule has 0 fully saturated rings. The number of nitriles is 1. The normalized spacial score (nSPS) is 11.5. The third-order valence-electron chi connectivity index (χ3n) is 5.65. The SMILES string of the molecule is Cc1ccc(S(=O)(=O)n2cc(I)c3cc(Oc4c(Cl)cc(-n5nc(C#N)c(=O)[nH]c5=O)cc4Cl)ccc32)cc1. The molecule has 5 rings (SSSR count). The molecule has 0 aliphatic heterocycles. The average molecular weight is 694 g/mol. The van der Waals surface area contributed by atoms with E-state index < -0.39 is 27.0 Å². The number of fused-ring (bicyclic) bond motifs is 1. The molecule has 0 aliphatic rings. The maximum Gasteiger partial charge on any atom is 0.349 e. The van der Waals surface area contributed by atoms with Crippen LogP contribution in [0.3, 0.4) is 0 Å². The number of benzene rings is 3. The Bertz CT molecular complexity index is 2040. The number of nitrogens with zero attached hydrogens (tertiary/aromatic N) is 4. The van der Waals surface area contributed by atoms with Crippen molar-refractivity contribution in [2.24, 2.45) is 0 Å². The van der Waals surface area contributed by atoms with Gasteiger partial charge in [-0.1, -0.05) is 40.9 Å². The van der Waals surface area contributed by atoms with Gasteiger partial charge in [0.2, 0.25) is 5.69 Å². The molecule has 3 aromatic carbocycles. The van der Waals surface area contributed by atoms with E-state index in [1.807, 2.05) is 34.5 Å². The topological polar surface area (TPSA) is 140 Å². The van der Waals surface area contributed by atoms with Crippen molar-refractivity contribution < 1.29 is 13.2 Å². The quantitative estimate of drug-likeness (QED) is 0.256. The molecule has 0 saturated carbocycles. The molecule has 39 heavy (non-hydrogen) atoms. The molecular formula is C25H14Cl2IN5O5S. The summed E-state index contributed by atoms with van der Waals surface area (Å²) >= 11 is 14.9. The lowest BCUT2D eigenvalue weighted by molar-refractivity contribution is 0.483. The molecule has 0 spiro atoms. The number of rotatable bonds is 5. The van der Waals surface area contributed by atoms with E-state index in [4.69, 9.17) is 33.2 Å². The van der Waals surface area contributed by atoms with Crippen LogP contribution in [0.4, 0.5) is 0 Å². The van der Waals surface area contributed by atoms with E-state index in [1.54, 1.807) is 48.5 Å². The molecule has 0 aliphatic carbocycles. The first-order valence-electron chi connectivity index (χ1n) is 10.9. The Morgan fingerprint density at radius 2 is 1.72 bits per heavy atom. The van der Waals surface area contributed by atoms with Crippen molar-refractivity contribution >= 4 is 66.7 Å². The molecule has 2 heterocycles. The summed E-state index contributed by atoms with van der Waals surface area (Å²) in [5.74, 6) is 0.398. The van der Waals surface area contributed by atoms with Gasteiger partial charge in [-0.2, -0.15) is 9.94 Å². The molecule has 0 bridgehead atoms. The molecule has 14 heteroatoms. The van der Waals surface area contributed by atoms with Crippen molar-refractivity contribution in [1.29, 1.82) is 5.26 Å². The number of nitrogens with one attached hydrogen (secondary N) is 1. The molecule has 0 atom stereocenters. The first kappa shape index (κ1) is 26.9. The Labute approximate surface area is 244 Å². The largest absolute Gasteiger partial charge is 0.454 e. The molecule has 5 aromatic rings. The highest BCUT2D eigenvalue weighted by Crippen LogP contribution is 2.39. The zero-order chi connectivity index (χ0) is 28.1. The summed E-state index contributed by atoms with van der Waals surface area (Å²) in [5.41, 5.74) is -0.815. The molecule has 2 aromatic heterocycles. The number of aromatic amines is 1. The zero-order valence-corrected chi connectivity index (χ0v) is 24.1. The molecule has 0 saturated heterocycles. The molecule has 0 unspecified atom stereocenters. The molecule has 1 N–H and O–H groups in total. The fourth-order valence-corrected chi connectivity index (χ4v) is 6.58. The van der Waals surface area contributed by atoms with E-state index in [1.165, 1.54) is 22.3 Å². The summed E-state index contributed by atoms with van der Waals surface area (Å²) in [5, 5.41) is 13.5. The van der Waals surface area contributed by atoms with Crippen molar-refractivity contribution in [3.8, 4) is 23.3 Å². The van der Waals surface area contributed by atoms with Crippen LogP contribution < -0.4 is 16.0 Å². The molecule has 0 amide bonds. The van der Waals surface area contributed by atoms with Gasteiger partial charge >= 0.3 is 5.69 Å². The van der Waals surface area contributed by atoms with Crippen LogP contribution in [-0.2, 0) is 10.0 Å². The smallest absolute Gasteiger partial charge is 0.349 e. The van der Waals surface area contributed by atoms with E-state index in [9.17, 15) is 18.0 Å². The monoisotopic (exact) mass is 693 g/mol. The van der Waals surface area contributed by atoms with Crippen molar-refractivity contribution in [3.05, 3.63) is 107 Å². The minimum Gasteiger partial charge on any atom is -0.454 e. The Morgan fingerprint density at radius 1 is 1.05 bits per heavy atom. The van der Waals surface area contributed by atoms with E-state index in [0.717, 1.165) is 10.2 Å². The van der Waals surface area contributed by atoms with Crippen molar-refractivity contribution in [3.63, 3.8) is 0 Å². The zero-order valence-electron chi connectivity index (χ0n) is 19.6. The summed E-state index contributed by atoms with van der Waals surface area (Å²) in [6.07, 6.45) is 1.53. The van der Waals surface area contributed by atoms with Gasteiger partial charge in [-0.3, -0.25) is 9.78 Å². The predicted octanol–water partition coefficient (Wildman–Crippen LogP) is 5.00. The third kappa shape index (κ3) is 4.94. The first-order valence-corrected chi connectivity index (χ1v) is 14.2. The lowest BCUT2D eigenvalue weighted by Crippen LogP contribution is -2.33. The van der Waals surface area contributed by atoms with Gasteiger partial charge in [0.1, 0.15) is 11.8 Å². The van der Waals surface area contributed by atoms with Crippen LogP contribution in [0.5, 0.6) is 11.5 Å². The molecule has 0 radical (unpaired) electrons. The van der Waals surface area contributed by atoms with E-state index in [0.29, 0.717) is 20.2 Å². The van der Waals surface area contributed by atoms with Crippen LogP contribution in [0.15, 0.2) is 75.3 Å². The van der Waals surface area contributed by atoms with Gasteiger partial charge in [0.25, 0.3) is 15.6 Å². The number of aromatic nitrogens is 4. The highest BCUT2D eigenvalue weighted by molar-refractivity contribution is 14.1. The lowest BCUT2D eigenvalue weighted by atomic mass is 10.2. The predicted molar refractivity (Wildman–Crippen MR) is 154 cm³/mol. The summed E-state index contributed by atoms with van der Waals surface area (Å²) in [7, 11) is -3.84. The lowest BCUT2D eigenvalue weighted by Gasteiger charge is -2.13. The number of ether oxygens (including phenoxy) is 1.